The molecule has 256 valence electrons. The molecule has 2 N–H and O–H groups in total. The van der Waals surface area contributed by atoms with E-state index in [1.807, 2.05) is 16.9 Å². The van der Waals surface area contributed by atoms with Crippen molar-refractivity contribution in [1.29, 1.82) is 0 Å². The van der Waals surface area contributed by atoms with E-state index in [9.17, 15) is 9.90 Å². The van der Waals surface area contributed by atoms with E-state index in [0.29, 0.717) is 42.1 Å². The van der Waals surface area contributed by atoms with Gasteiger partial charge in [-0.15, -0.1) is 0 Å². The number of ether oxygens (including phenoxy) is 1. The van der Waals surface area contributed by atoms with E-state index in [2.05, 4.69) is 58.7 Å². The van der Waals surface area contributed by atoms with Crippen molar-refractivity contribution in [2.24, 2.45) is 18.4 Å². The summed E-state index contributed by atoms with van der Waals surface area (Å²) in [7, 11) is 2.67. The Bertz CT molecular complexity index is 1850. The van der Waals surface area contributed by atoms with Gasteiger partial charge in [0.05, 0.1) is 17.5 Å². The number of fused-ring (bicyclic) bond motifs is 1. The summed E-state index contributed by atoms with van der Waals surface area (Å²) in [6.07, 6.45) is 11.5. The second-order valence-corrected chi connectivity index (χ2v) is 20.5. The number of rotatable bonds is 11. The lowest BCUT2D eigenvalue weighted by Crippen LogP contribution is -2.29. The van der Waals surface area contributed by atoms with Gasteiger partial charge in [0.2, 0.25) is 0 Å². The van der Waals surface area contributed by atoms with Gasteiger partial charge in [0.15, 0.2) is 5.82 Å². The van der Waals surface area contributed by atoms with Gasteiger partial charge in [-0.1, -0.05) is 38.4 Å². The minimum Gasteiger partial charge on any atom is -0.396 e. The van der Waals surface area contributed by atoms with Gasteiger partial charge >= 0.3 is 0 Å². The van der Waals surface area contributed by atoms with E-state index >= 15 is 0 Å². The number of piperidine rings is 1. The number of aliphatic hydroxyl groups excluding tert-OH is 1. The molecule has 0 spiro atoms. The third kappa shape index (κ3) is 7.89. The van der Waals surface area contributed by atoms with Crippen molar-refractivity contribution in [3.63, 3.8) is 0 Å². The van der Waals surface area contributed by atoms with Crippen LogP contribution in [0.4, 0.5) is 11.6 Å². The SMILES string of the molecule is CN1CCC(C#Cc2nn(CC3(CO)CCCC3)c3cc(Nc4ccnc(-c5cn(COCC[Si](C)(C)C)n(C)c5=O)n4)ncc23)CC1. The Kier molecular flexibility index (Phi) is 10.2. The quantitative estimate of drug-likeness (QED) is 0.133. The van der Waals surface area contributed by atoms with Crippen LogP contribution in [0.5, 0.6) is 0 Å². The van der Waals surface area contributed by atoms with E-state index in [1.165, 1.54) is 4.68 Å². The maximum atomic E-state index is 13.1. The average Bonchev–Trinajstić information content (AvgIpc) is 3.75. The van der Waals surface area contributed by atoms with Crippen molar-refractivity contribution < 1.29 is 9.84 Å². The molecule has 0 amide bonds. The van der Waals surface area contributed by atoms with Gasteiger partial charge < -0.3 is 20.1 Å². The second-order valence-electron chi connectivity index (χ2n) is 14.9. The molecule has 1 aliphatic heterocycles. The molecule has 6 rings (SSSR count). The fourth-order valence-corrected chi connectivity index (χ4v) is 7.32. The summed E-state index contributed by atoms with van der Waals surface area (Å²) in [5.41, 5.74) is 1.66. The van der Waals surface area contributed by atoms with Gasteiger partial charge in [-0.3, -0.25) is 18.8 Å². The maximum Gasteiger partial charge on any atom is 0.277 e. The van der Waals surface area contributed by atoms with Crippen molar-refractivity contribution >= 4 is 30.6 Å². The number of hydrogen-bond acceptors (Lipinski definition) is 9. The highest BCUT2D eigenvalue weighted by Gasteiger charge is 2.34. The molecule has 0 atom stereocenters. The van der Waals surface area contributed by atoms with Crippen LogP contribution in [-0.2, 0) is 25.1 Å². The molecule has 0 bridgehead atoms. The number of nitrogens with one attached hydrogen (secondary N) is 1. The van der Waals surface area contributed by atoms with Crippen LogP contribution in [0.15, 0.2) is 35.5 Å². The topological polar surface area (TPSA) is 128 Å². The molecular weight excluding hydrogens is 623 g/mol. The van der Waals surface area contributed by atoms with Crippen molar-refractivity contribution in [1.82, 2.24) is 39.0 Å². The largest absolute Gasteiger partial charge is 0.396 e. The highest BCUT2D eigenvalue weighted by Crippen LogP contribution is 2.40. The van der Waals surface area contributed by atoms with Crippen LogP contribution in [0.2, 0.25) is 25.7 Å². The van der Waals surface area contributed by atoms with Crippen LogP contribution in [0.3, 0.4) is 0 Å². The Morgan fingerprint density at radius 2 is 1.90 bits per heavy atom. The molecule has 0 unspecified atom stereocenters. The molecular formula is C35H49N9O3Si. The zero-order chi connectivity index (χ0) is 33.9. The predicted molar refractivity (Wildman–Crippen MR) is 191 cm³/mol. The maximum absolute atomic E-state index is 13.1. The lowest BCUT2D eigenvalue weighted by Gasteiger charge is -2.26. The molecule has 4 aromatic rings. The first-order valence-corrected chi connectivity index (χ1v) is 20.9. The number of likely N-dealkylation sites (tertiary alicyclic amines) is 1. The molecule has 4 aromatic heterocycles. The zero-order valence-electron chi connectivity index (χ0n) is 29.0. The molecule has 1 aliphatic carbocycles. The number of anilines is 2. The van der Waals surface area contributed by atoms with Gasteiger partial charge in [-0.2, -0.15) is 5.10 Å². The first-order chi connectivity index (χ1) is 23.0. The van der Waals surface area contributed by atoms with Gasteiger partial charge in [0, 0.05) is 64.3 Å². The van der Waals surface area contributed by atoms with Crippen LogP contribution in [0.25, 0.3) is 22.3 Å². The fourth-order valence-electron chi connectivity index (χ4n) is 6.57. The molecule has 2 fully saturated rings. The highest BCUT2D eigenvalue weighted by atomic mass is 28.3. The molecule has 1 saturated heterocycles. The van der Waals surface area contributed by atoms with E-state index in [1.54, 1.807) is 30.2 Å². The summed E-state index contributed by atoms with van der Waals surface area (Å²) < 4.78 is 11.2. The summed E-state index contributed by atoms with van der Waals surface area (Å²) in [5.74, 6) is 8.67. The Labute approximate surface area is 283 Å². The lowest BCUT2D eigenvalue weighted by atomic mass is 9.87. The Morgan fingerprint density at radius 1 is 1.12 bits per heavy atom. The highest BCUT2D eigenvalue weighted by molar-refractivity contribution is 6.76. The minimum atomic E-state index is -1.21. The number of aromatic nitrogens is 7. The molecule has 48 heavy (non-hydrogen) atoms. The molecule has 2 aliphatic rings. The van der Waals surface area contributed by atoms with E-state index in [4.69, 9.17) is 14.8 Å². The van der Waals surface area contributed by atoms with Crippen molar-refractivity contribution in [2.75, 3.05) is 38.7 Å². The van der Waals surface area contributed by atoms with E-state index in [0.717, 1.165) is 74.3 Å². The third-order valence-corrected chi connectivity index (χ3v) is 11.5. The summed E-state index contributed by atoms with van der Waals surface area (Å²) in [4.78, 5) is 29.3. The van der Waals surface area contributed by atoms with E-state index in [-0.39, 0.29) is 24.3 Å². The second kappa shape index (κ2) is 14.3. The summed E-state index contributed by atoms with van der Waals surface area (Å²) in [6.45, 7) is 10.8. The first kappa shape index (κ1) is 34.0. The standard InChI is InChI=1S/C35H49N9O3Si/c1-41-16-11-26(12-17-41)8-9-29-27-21-37-32(20-30(27)44(40-29)23-35(24-45)13-6-7-14-35)38-31-10-15-36-33(39-31)28-22-43(42(2)34(28)46)25-47-18-19-48(3,4)5/h10,15,20-22,26,45H,6-7,11-14,16-19,23-25H2,1-5H3,(H,36,37,38,39). The average molecular weight is 672 g/mol. The Balaban J connectivity index is 1.25. The van der Waals surface area contributed by atoms with Gasteiger partial charge in [-0.25, -0.2) is 15.0 Å². The van der Waals surface area contributed by atoms with Crippen molar-refractivity contribution in [3.05, 3.63) is 46.8 Å². The third-order valence-electron chi connectivity index (χ3n) is 9.79. The first-order valence-electron chi connectivity index (χ1n) is 17.1. The minimum absolute atomic E-state index is 0.136. The molecule has 0 aromatic carbocycles. The summed E-state index contributed by atoms with van der Waals surface area (Å²) in [6, 6.07) is 4.78. The normalized spacial score (nSPS) is 17.1. The van der Waals surface area contributed by atoms with Crippen molar-refractivity contribution in [3.8, 4) is 23.2 Å². The molecule has 0 radical (unpaired) electrons. The van der Waals surface area contributed by atoms with Crippen LogP contribution in [-0.4, -0.2) is 85.5 Å². The smallest absolute Gasteiger partial charge is 0.277 e. The van der Waals surface area contributed by atoms with Gasteiger partial charge in [0.25, 0.3) is 5.56 Å². The number of aliphatic hydroxyl groups is 1. The molecule has 5 heterocycles. The van der Waals surface area contributed by atoms with Crippen LogP contribution in [0, 0.1) is 23.2 Å². The molecule has 12 nitrogen and oxygen atoms in total. The fraction of sp³-hybridized carbons (Fsp3) is 0.571. The molecule has 13 heteroatoms. The van der Waals surface area contributed by atoms with Gasteiger partial charge in [0.1, 0.15) is 29.6 Å². The summed E-state index contributed by atoms with van der Waals surface area (Å²) >= 11 is 0. The number of nitrogens with zero attached hydrogens (tertiary/aromatic N) is 8. The zero-order valence-corrected chi connectivity index (χ0v) is 30.0. The van der Waals surface area contributed by atoms with Crippen LogP contribution < -0.4 is 10.9 Å². The summed E-state index contributed by atoms with van der Waals surface area (Å²) in [5, 5.41) is 19.6. The molecule has 1 saturated carbocycles. The monoisotopic (exact) mass is 671 g/mol. The Hall–Kier alpha value is -3.83. The van der Waals surface area contributed by atoms with Crippen LogP contribution >= 0.6 is 0 Å². The number of hydrogen-bond donors (Lipinski definition) is 2. The Morgan fingerprint density at radius 3 is 2.62 bits per heavy atom. The predicted octanol–water partition coefficient (Wildman–Crippen LogP) is 4.69. The number of pyridine rings is 1. The van der Waals surface area contributed by atoms with Gasteiger partial charge in [-0.05, 0) is 63.9 Å². The van der Waals surface area contributed by atoms with Crippen molar-refractivity contribution in [2.45, 2.75) is 77.5 Å². The lowest BCUT2D eigenvalue weighted by molar-refractivity contribution is 0.0703. The van der Waals surface area contributed by atoms with Crippen LogP contribution in [0.1, 0.15) is 44.2 Å². The van der Waals surface area contributed by atoms with E-state index < -0.39 is 8.07 Å².